The first-order valence-corrected chi connectivity index (χ1v) is 6.39. The maximum Gasteiger partial charge on any atom is 0.317 e. The lowest BCUT2D eigenvalue weighted by Gasteiger charge is -2.09. The summed E-state index contributed by atoms with van der Waals surface area (Å²) < 4.78 is 9.18. The van der Waals surface area contributed by atoms with Crippen LogP contribution in [0.2, 0.25) is 0 Å². The van der Waals surface area contributed by atoms with Gasteiger partial charge in [-0.2, -0.15) is 0 Å². The molecule has 0 N–H and O–H groups in total. The van der Waals surface area contributed by atoms with Crippen LogP contribution in [0.5, 0.6) is 0 Å². The second-order valence-corrected chi connectivity index (χ2v) is 4.24. The molecule has 0 radical (unpaired) electrons. The predicted molar refractivity (Wildman–Crippen MR) is 68.7 cm³/mol. The summed E-state index contributed by atoms with van der Waals surface area (Å²) in [4.78, 5) is 42.4. The molecule has 0 fully saturated rings. The van der Waals surface area contributed by atoms with E-state index < -0.39 is 53.5 Å². The fraction of sp³-hybridized carbons (Fsp3) is 0.818. The van der Waals surface area contributed by atoms with Crippen molar-refractivity contribution in [2.45, 2.75) is 45.2 Å². The van der Waals surface area contributed by atoms with Crippen molar-refractivity contribution in [1.29, 1.82) is 0 Å². The Balaban J connectivity index is 4.07. The standard InChI is InChI=1S/C11H18N2O8/c1-3-8(12(16)17)6-20-10(14)5-11(15)21-7-9(4-2)13(18)19/h8-9H,3-7H2,1-2H3. The molecule has 0 saturated carbocycles. The predicted octanol–water partition coefficient (Wildman–Crippen LogP) is 0.574. The maximum atomic E-state index is 11.3. The molecule has 21 heavy (non-hydrogen) atoms. The van der Waals surface area contributed by atoms with Crippen molar-refractivity contribution in [2.24, 2.45) is 0 Å². The number of nitro groups is 2. The van der Waals surface area contributed by atoms with Gasteiger partial charge in [-0.15, -0.1) is 0 Å². The van der Waals surface area contributed by atoms with E-state index >= 15 is 0 Å². The van der Waals surface area contributed by atoms with Crippen LogP contribution >= 0.6 is 0 Å². The normalized spacial score (nSPS) is 13.0. The molecule has 2 unspecified atom stereocenters. The molecule has 0 aromatic heterocycles. The quantitative estimate of drug-likeness (QED) is 0.247. The highest BCUT2D eigenvalue weighted by atomic mass is 16.6. The van der Waals surface area contributed by atoms with Crippen LogP contribution in [0, 0.1) is 20.2 Å². The van der Waals surface area contributed by atoms with Crippen LogP contribution in [-0.2, 0) is 19.1 Å². The number of carbonyl (C=O) groups excluding carboxylic acids is 2. The van der Waals surface area contributed by atoms with Crippen molar-refractivity contribution in [3.63, 3.8) is 0 Å². The molecule has 0 aromatic carbocycles. The van der Waals surface area contributed by atoms with E-state index in [-0.39, 0.29) is 12.8 Å². The summed E-state index contributed by atoms with van der Waals surface area (Å²) in [7, 11) is 0. The van der Waals surface area contributed by atoms with Gasteiger partial charge in [0.05, 0.1) is 0 Å². The first kappa shape index (κ1) is 18.7. The smallest absolute Gasteiger partial charge is 0.317 e. The van der Waals surface area contributed by atoms with Crippen LogP contribution in [-0.4, -0.2) is 47.1 Å². The Morgan fingerprint density at radius 3 is 1.48 bits per heavy atom. The molecular formula is C11H18N2O8. The van der Waals surface area contributed by atoms with Gasteiger partial charge in [-0.25, -0.2) is 0 Å². The van der Waals surface area contributed by atoms with Gasteiger partial charge in [0.1, 0.15) is 6.42 Å². The van der Waals surface area contributed by atoms with Crippen molar-refractivity contribution < 1.29 is 28.9 Å². The molecule has 10 heteroatoms. The number of hydrogen-bond acceptors (Lipinski definition) is 8. The van der Waals surface area contributed by atoms with Crippen molar-refractivity contribution >= 4 is 11.9 Å². The van der Waals surface area contributed by atoms with Gasteiger partial charge in [0.25, 0.3) is 0 Å². The first-order chi connectivity index (χ1) is 9.81. The topological polar surface area (TPSA) is 139 Å². The molecule has 0 bridgehead atoms. The molecule has 0 aliphatic carbocycles. The summed E-state index contributed by atoms with van der Waals surface area (Å²) in [5.41, 5.74) is 0. The van der Waals surface area contributed by atoms with Crippen molar-refractivity contribution in [3.8, 4) is 0 Å². The third kappa shape index (κ3) is 7.80. The fourth-order valence-electron chi connectivity index (χ4n) is 1.25. The molecule has 2 atom stereocenters. The van der Waals surface area contributed by atoms with E-state index in [9.17, 15) is 29.8 Å². The van der Waals surface area contributed by atoms with Crippen molar-refractivity contribution in [1.82, 2.24) is 0 Å². The highest BCUT2D eigenvalue weighted by molar-refractivity contribution is 5.91. The average molecular weight is 306 g/mol. The molecule has 0 saturated heterocycles. The SMILES string of the molecule is CCC(COC(=O)CC(=O)OCC(CC)[N+](=O)[O-])[N+](=O)[O-]. The largest absolute Gasteiger partial charge is 0.458 e. The Kier molecular flexibility index (Phi) is 8.58. The third-order valence-corrected chi connectivity index (χ3v) is 2.70. The Hall–Kier alpha value is -2.26. The fourth-order valence-corrected chi connectivity index (χ4v) is 1.25. The zero-order chi connectivity index (χ0) is 16.4. The number of ether oxygens (including phenoxy) is 2. The van der Waals surface area contributed by atoms with Crippen LogP contribution in [0.25, 0.3) is 0 Å². The van der Waals surface area contributed by atoms with Crippen LogP contribution in [0.4, 0.5) is 0 Å². The van der Waals surface area contributed by atoms with Gasteiger partial charge in [0, 0.05) is 22.7 Å². The van der Waals surface area contributed by atoms with Crippen molar-refractivity contribution in [3.05, 3.63) is 20.2 Å². The van der Waals surface area contributed by atoms with Crippen LogP contribution in [0.3, 0.4) is 0 Å². The lowest BCUT2D eigenvalue weighted by molar-refractivity contribution is -0.525. The van der Waals surface area contributed by atoms with Gasteiger partial charge >= 0.3 is 11.9 Å². The van der Waals surface area contributed by atoms with Crippen LogP contribution < -0.4 is 0 Å². The molecule has 10 nitrogen and oxygen atoms in total. The second-order valence-electron chi connectivity index (χ2n) is 4.24. The van der Waals surface area contributed by atoms with Gasteiger partial charge in [-0.05, 0) is 0 Å². The maximum absolute atomic E-state index is 11.3. The van der Waals surface area contributed by atoms with E-state index in [4.69, 9.17) is 0 Å². The highest BCUT2D eigenvalue weighted by Crippen LogP contribution is 2.01. The summed E-state index contributed by atoms with van der Waals surface area (Å²) >= 11 is 0. The summed E-state index contributed by atoms with van der Waals surface area (Å²) in [6, 6.07) is -2.05. The van der Waals surface area contributed by atoms with Gasteiger partial charge in [0.2, 0.25) is 12.1 Å². The van der Waals surface area contributed by atoms with E-state index in [2.05, 4.69) is 9.47 Å². The number of rotatable bonds is 10. The number of hydrogen-bond donors (Lipinski definition) is 0. The van der Waals surface area contributed by atoms with E-state index in [1.165, 1.54) is 0 Å². The number of esters is 2. The monoisotopic (exact) mass is 306 g/mol. The Morgan fingerprint density at radius 1 is 0.905 bits per heavy atom. The lowest BCUT2D eigenvalue weighted by Crippen LogP contribution is -2.28. The molecule has 0 heterocycles. The van der Waals surface area contributed by atoms with E-state index in [0.717, 1.165) is 0 Å². The molecule has 0 aliphatic rings. The minimum absolute atomic E-state index is 0.186. The van der Waals surface area contributed by atoms with Crippen LogP contribution in [0.15, 0.2) is 0 Å². The number of carbonyl (C=O) groups is 2. The summed E-state index contributed by atoms with van der Waals surface area (Å²) in [6.07, 6.45) is -0.361. The molecule has 0 aromatic rings. The minimum Gasteiger partial charge on any atom is -0.458 e. The Morgan fingerprint density at radius 2 is 1.24 bits per heavy atom. The van der Waals surface area contributed by atoms with Crippen LogP contribution in [0.1, 0.15) is 33.1 Å². The highest BCUT2D eigenvalue weighted by Gasteiger charge is 2.23. The summed E-state index contributed by atoms with van der Waals surface area (Å²) in [5.74, 6) is -1.93. The minimum atomic E-state index is -1.02. The Labute approximate surface area is 120 Å². The van der Waals surface area contributed by atoms with Gasteiger partial charge in [-0.3, -0.25) is 29.8 Å². The van der Waals surface area contributed by atoms with E-state index in [0.29, 0.717) is 0 Å². The average Bonchev–Trinajstić information content (AvgIpc) is 2.39. The number of nitrogens with zero attached hydrogens (tertiary/aromatic N) is 2. The first-order valence-electron chi connectivity index (χ1n) is 6.39. The third-order valence-electron chi connectivity index (χ3n) is 2.70. The van der Waals surface area contributed by atoms with E-state index in [1.807, 2.05) is 0 Å². The molecular weight excluding hydrogens is 288 g/mol. The molecule has 0 spiro atoms. The zero-order valence-corrected chi connectivity index (χ0v) is 11.9. The molecule has 0 rings (SSSR count). The lowest BCUT2D eigenvalue weighted by atomic mass is 10.2. The summed E-state index contributed by atoms with van der Waals surface area (Å²) in [5, 5.41) is 21.0. The van der Waals surface area contributed by atoms with Gasteiger partial charge < -0.3 is 9.47 Å². The van der Waals surface area contributed by atoms with Gasteiger partial charge in [-0.1, -0.05) is 13.8 Å². The molecule has 0 amide bonds. The zero-order valence-electron chi connectivity index (χ0n) is 11.9. The van der Waals surface area contributed by atoms with E-state index in [1.54, 1.807) is 13.8 Å². The summed E-state index contributed by atoms with van der Waals surface area (Å²) in [6.45, 7) is 2.28. The second kappa shape index (κ2) is 9.61. The Bertz CT molecular complexity index is 362. The molecule has 120 valence electrons. The van der Waals surface area contributed by atoms with Gasteiger partial charge in [0.15, 0.2) is 13.2 Å². The molecule has 0 aliphatic heterocycles. The van der Waals surface area contributed by atoms with Crippen molar-refractivity contribution in [2.75, 3.05) is 13.2 Å².